The number of nitrogens with zero attached hydrogens (tertiary/aromatic N) is 2. The highest BCUT2D eigenvalue weighted by Crippen LogP contribution is 2.28. The maximum absolute atomic E-state index is 12.6. The van der Waals surface area contributed by atoms with Gasteiger partial charge in [0, 0.05) is 18.3 Å². The molecule has 3 rings (SSSR count). The van der Waals surface area contributed by atoms with Crippen molar-refractivity contribution in [1.82, 2.24) is 15.1 Å². The standard InChI is InChI=1S/C18H20F3N3O/c19-18(20,21)16-10-11-24(23-16)15-8-6-14(7-9-15)17(25)22-12-13-4-2-1-3-5-13/h6-11,13H,1-5,12H2,(H,22,25). The lowest BCUT2D eigenvalue weighted by Crippen LogP contribution is -2.30. The molecule has 0 radical (unpaired) electrons. The molecular formula is C18H20F3N3O. The largest absolute Gasteiger partial charge is 0.435 e. The number of nitrogens with one attached hydrogen (secondary N) is 1. The number of halogens is 3. The maximum atomic E-state index is 12.6. The number of aromatic nitrogens is 2. The molecule has 1 aromatic heterocycles. The fourth-order valence-corrected chi connectivity index (χ4v) is 3.11. The summed E-state index contributed by atoms with van der Waals surface area (Å²) in [7, 11) is 0. The van der Waals surface area contributed by atoms with Gasteiger partial charge in [0.1, 0.15) is 0 Å². The van der Waals surface area contributed by atoms with E-state index in [2.05, 4.69) is 10.4 Å². The first-order valence-electron chi connectivity index (χ1n) is 8.45. The second-order valence-electron chi connectivity index (χ2n) is 6.40. The third-order valence-electron chi connectivity index (χ3n) is 4.55. The Labute approximate surface area is 144 Å². The monoisotopic (exact) mass is 351 g/mol. The fraction of sp³-hybridized carbons (Fsp3) is 0.444. The van der Waals surface area contributed by atoms with Crippen molar-refractivity contribution in [3.63, 3.8) is 0 Å². The van der Waals surface area contributed by atoms with Gasteiger partial charge in [0.05, 0.1) is 5.69 Å². The van der Waals surface area contributed by atoms with Gasteiger partial charge < -0.3 is 5.32 Å². The zero-order valence-corrected chi connectivity index (χ0v) is 13.7. The van der Waals surface area contributed by atoms with Gasteiger partial charge in [0.25, 0.3) is 5.91 Å². The second-order valence-corrected chi connectivity index (χ2v) is 6.40. The number of carbonyl (C=O) groups excluding carboxylic acids is 1. The number of benzene rings is 1. The molecule has 134 valence electrons. The van der Waals surface area contributed by atoms with Crippen molar-refractivity contribution in [3.05, 3.63) is 47.8 Å². The molecule has 25 heavy (non-hydrogen) atoms. The van der Waals surface area contributed by atoms with E-state index in [1.54, 1.807) is 24.3 Å². The first kappa shape index (κ1) is 17.5. The summed E-state index contributed by atoms with van der Waals surface area (Å²) in [6, 6.07) is 7.29. The lowest BCUT2D eigenvalue weighted by atomic mass is 9.89. The minimum atomic E-state index is -4.47. The first-order chi connectivity index (χ1) is 11.9. The van der Waals surface area contributed by atoms with Crippen LogP contribution >= 0.6 is 0 Å². The summed E-state index contributed by atoms with van der Waals surface area (Å²) in [6.07, 6.45) is 2.80. The molecule has 0 unspecified atom stereocenters. The quantitative estimate of drug-likeness (QED) is 0.897. The maximum Gasteiger partial charge on any atom is 0.435 e. The van der Waals surface area contributed by atoms with Gasteiger partial charge in [-0.05, 0) is 49.1 Å². The minimum absolute atomic E-state index is 0.159. The average Bonchev–Trinajstić information content (AvgIpc) is 3.11. The first-order valence-corrected chi connectivity index (χ1v) is 8.45. The number of rotatable bonds is 4. The molecule has 1 N–H and O–H groups in total. The van der Waals surface area contributed by atoms with Gasteiger partial charge >= 0.3 is 6.18 Å². The summed E-state index contributed by atoms with van der Waals surface area (Å²) in [6.45, 7) is 0.675. The predicted molar refractivity (Wildman–Crippen MR) is 87.5 cm³/mol. The second kappa shape index (κ2) is 7.29. The van der Waals surface area contributed by atoms with Gasteiger partial charge in [0.2, 0.25) is 0 Å². The normalized spacial score (nSPS) is 16.0. The van der Waals surface area contributed by atoms with Crippen molar-refractivity contribution >= 4 is 5.91 Å². The topological polar surface area (TPSA) is 46.9 Å². The molecule has 1 aliphatic rings. The molecule has 7 heteroatoms. The molecule has 1 heterocycles. The van der Waals surface area contributed by atoms with E-state index in [0.717, 1.165) is 23.6 Å². The highest BCUT2D eigenvalue weighted by molar-refractivity contribution is 5.94. The highest BCUT2D eigenvalue weighted by atomic mass is 19.4. The number of hydrogen-bond donors (Lipinski definition) is 1. The van der Waals surface area contributed by atoms with Crippen molar-refractivity contribution in [2.24, 2.45) is 5.92 Å². The van der Waals surface area contributed by atoms with E-state index in [9.17, 15) is 18.0 Å². The van der Waals surface area contributed by atoms with E-state index in [4.69, 9.17) is 0 Å². The molecule has 1 amide bonds. The number of carbonyl (C=O) groups is 1. The molecule has 4 nitrogen and oxygen atoms in total. The Kier molecular flexibility index (Phi) is 5.11. The van der Waals surface area contributed by atoms with Crippen LogP contribution in [0.3, 0.4) is 0 Å². The van der Waals surface area contributed by atoms with Crippen molar-refractivity contribution in [1.29, 1.82) is 0 Å². The third kappa shape index (κ3) is 4.41. The van der Waals surface area contributed by atoms with Gasteiger partial charge in [-0.25, -0.2) is 4.68 Å². The van der Waals surface area contributed by atoms with Crippen LogP contribution in [-0.4, -0.2) is 22.2 Å². The van der Waals surface area contributed by atoms with E-state index in [1.165, 1.54) is 25.5 Å². The smallest absolute Gasteiger partial charge is 0.352 e. The van der Waals surface area contributed by atoms with Crippen molar-refractivity contribution in [2.75, 3.05) is 6.54 Å². The van der Waals surface area contributed by atoms with Crippen LogP contribution < -0.4 is 5.32 Å². The number of amides is 1. The van der Waals surface area contributed by atoms with Crippen LogP contribution in [0.15, 0.2) is 36.5 Å². The minimum Gasteiger partial charge on any atom is -0.352 e. The van der Waals surface area contributed by atoms with Gasteiger partial charge in [-0.3, -0.25) is 4.79 Å². The molecule has 0 bridgehead atoms. The van der Waals surface area contributed by atoms with E-state index < -0.39 is 11.9 Å². The SMILES string of the molecule is O=C(NCC1CCCCC1)c1ccc(-n2ccc(C(F)(F)F)n2)cc1. The summed E-state index contributed by atoms with van der Waals surface area (Å²) in [5.41, 5.74) is 0.0175. The molecule has 1 saturated carbocycles. The zero-order chi connectivity index (χ0) is 17.9. The average molecular weight is 351 g/mol. The molecule has 1 aromatic carbocycles. The number of hydrogen-bond acceptors (Lipinski definition) is 2. The third-order valence-corrected chi connectivity index (χ3v) is 4.55. The van der Waals surface area contributed by atoms with Crippen LogP contribution in [0.2, 0.25) is 0 Å². The van der Waals surface area contributed by atoms with Crippen molar-refractivity contribution in [3.8, 4) is 5.69 Å². The van der Waals surface area contributed by atoms with Crippen LogP contribution in [-0.2, 0) is 6.18 Å². The Morgan fingerprint density at radius 1 is 1.12 bits per heavy atom. The summed E-state index contributed by atoms with van der Waals surface area (Å²) in [5.74, 6) is 0.385. The van der Waals surface area contributed by atoms with Gasteiger partial charge in [0.15, 0.2) is 5.69 Å². The van der Waals surface area contributed by atoms with Crippen molar-refractivity contribution < 1.29 is 18.0 Å². The van der Waals surface area contributed by atoms with Crippen LogP contribution in [0.25, 0.3) is 5.69 Å². The Morgan fingerprint density at radius 2 is 1.80 bits per heavy atom. The van der Waals surface area contributed by atoms with E-state index in [1.807, 2.05) is 0 Å². The van der Waals surface area contributed by atoms with Gasteiger partial charge in [-0.1, -0.05) is 19.3 Å². The molecule has 0 aliphatic heterocycles. The Balaban J connectivity index is 1.61. The molecule has 0 saturated heterocycles. The fourth-order valence-electron chi connectivity index (χ4n) is 3.11. The van der Waals surface area contributed by atoms with Crippen LogP contribution in [0.4, 0.5) is 13.2 Å². The van der Waals surface area contributed by atoms with Gasteiger partial charge in [-0.2, -0.15) is 18.3 Å². The summed E-state index contributed by atoms with van der Waals surface area (Å²) in [5, 5.41) is 6.46. The predicted octanol–water partition coefficient (Wildman–Crippen LogP) is 4.20. The molecular weight excluding hydrogens is 331 g/mol. The highest BCUT2D eigenvalue weighted by Gasteiger charge is 2.33. The van der Waals surface area contributed by atoms with Crippen LogP contribution in [0.1, 0.15) is 48.2 Å². The summed E-state index contributed by atoms with van der Waals surface area (Å²) in [4.78, 5) is 12.2. The zero-order valence-electron chi connectivity index (χ0n) is 13.7. The lowest BCUT2D eigenvalue weighted by Gasteiger charge is -2.21. The molecule has 0 atom stereocenters. The summed E-state index contributed by atoms with van der Waals surface area (Å²) < 4.78 is 38.9. The van der Waals surface area contributed by atoms with Crippen molar-refractivity contribution in [2.45, 2.75) is 38.3 Å². The van der Waals surface area contributed by atoms with E-state index >= 15 is 0 Å². The molecule has 0 spiro atoms. The lowest BCUT2D eigenvalue weighted by molar-refractivity contribution is -0.141. The van der Waals surface area contributed by atoms with E-state index in [-0.39, 0.29) is 5.91 Å². The molecule has 1 aliphatic carbocycles. The van der Waals surface area contributed by atoms with Crippen LogP contribution in [0, 0.1) is 5.92 Å². The number of alkyl halides is 3. The molecule has 1 fully saturated rings. The molecule has 2 aromatic rings. The Bertz CT molecular complexity index is 716. The van der Waals surface area contributed by atoms with Crippen LogP contribution in [0.5, 0.6) is 0 Å². The Morgan fingerprint density at radius 3 is 2.40 bits per heavy atom. The van der Waals surface area contributed by atoms with E-state index in [0.29, 0.717) is 23.7 Å². The summed E-state index contributed by atoms with van der Waals surface area (Å²) >= 11 is 0. The van der Waals surface area contributed by atoms with Gasteiger partial charge in [-0.15, -0.1) is 0 Å². The Hall–Kier alpha value is -2.31.